The Kier molecular flexibility index (Phi) is 4.60. The first-order valence-electron chi connectivity index (χ1n) is 6.97. The van der Waals surface area contributed by atoms with Gasteiger partial charge in [-0.2, -0.15) is 5.26 Å². The van der Waals surface area contributed by atoms with E-state index in [0.29, 0.717) is 12.0 Å². The van der Waals surface area contributed by atoms with Crippen LogP contribution in [-0.4, -0.2) is 49.5 Å². The van der Waals surface area contributed by atoms with E-state index < -0.39 is 0 Å². The topological polar surface area (TPSA) is 45.5 Å². The second kappa shape index (κ2) is 6.01. The van der Waals surface area contributed by atoms with Crippen molar-refractivity contribution in [3.63, 3.8) is 0 Å². The lowest BCUT2D eigenvalue weighted by Crippen LogP contribution is -2.48. The first kappa shape index (κ1) is 13.8. The highest BCUT2D eigenvalue weighted by Gasteiger charge is 2.31. The quantitative estimate of drug-likeness (QED) is 0.765. The molecule has 0 aromatic heterocycles. The van der Waals surface area contributed by atoms with Gasteiger partial charge in [-0.25, -0.2) is 0 Å². The van der Waals surface area contributed by atoms with E-state index in [1.165, 1.54) is 0 Å². The molecular formula is C14H24N2O2. The van der Waals surface area contributed by atoms with Crippen LogP contribution >= 0.6 is 0 Å². The third-order valence-electron chi connectivity index (χ3n) is 4.10. The second-order valence-electron chi connectivity index (χ2n) is 5.92. The minimum absolute atomic E-state index is 0.343. The number of hydrogen-bond acceptors (Lipinski definition) is 4. The predicted molar refractivity (Wildman–Crippen MR) is 69.2 cm³/mol. The summed E-state index contributed by atoms with van der Waals surface area (Å²) in [7, 11) is 0. The molecule has 1 unspecified atom stereocenters. The molecule has 1 atom stereocenters. The molecule has 0 N–H and O–H groups in total. The lowest BCUT2D eigenvalue weighted by molar-refractivity contribution is -0.0217. The Morgan fingerprint density at radius 1 is 1.33 bits per heavy atom. The largest absolute Gasteiger partial charge is 0.381 e. The van der Waals surface area contributed by atoms with Crippen LogP contribution < -0.4 is 0 Å². The summed E-state index contributed by atoms with van der Waals surface area (Å²) in [5, 5.41) is 9.12. The highest BCUT2D eigenvalue weighted by Crippen LogP contribution is 2.23. The Morgan fingerprint density at radius 3 is 2.61 bits per heavy atom. The molecule has 0 radical (unpaired) electrons. The maximum Gasteiger partial charge on any atom is 0.103 e. The number of ether oxygens (including phenoxy) is 2. The molecule has 4 heteroatoms. The standard InChI is InChI=1S/C14H24N2O2/c1-14(2,11-15)16-6-3-13(4-7-16)18-10-12-5-8-17-9-12/h12-13H,3-10H2,1-2H3. The van der Waals surface area contributed by atoms with Crippen molar-refractivity contribution in [1.29, 1.82) is 5.26 Å². The van der Waals surface area contributed by atoms with Gasteiger partial charge < -0.3 is 9.47 Å². The van der Waals surface area contributed by atoms with Gasteiger partial charge >= 0.3 is 0 Å². The van der Waals surface area contributed by atoms with Crippen LogP contribution in [0.15, 0.2) is 0 Å². The first-order valence-corrected chi connectivity index (χ1v) is 6.97. The summed E-state index contributed by atoms with van der Waals surface area (Å²) in [4.78, 5) is 2.26. The average Bonchev–Trinajstić information content (AvgIpc) is 2.90. The molecule has 4 nitrogen and oxygen atoms in total. The predicted octanol–water partition coefficient (Wildman–Crippen LogP) is 1.81. The molecule has 18 heavy (non-hydrogen) atoms. The smallest absolute Gasteiger partial charge is 0.103 e. The number of nitrogens with zero attached hydrogens (tertiary/aromatic N) is 2. The van der Waals surface area contributed by atoms with Gasteiger partial charge in [-0.05, 0) is 33.1 Å². The van der Waals surface area contributed by atoms with E-state index >= 15 is 0 Å². The van der Waals surface area contributed by atoms with Gasteiger partial charge in [0.05, 0.1) is 25.4 Å². The Balaban J connectivity index is 1.68. The van der Waals surface area contributed by atoms with Crippen molar-refractivity contribution in [3.05, 3.63) is 0 Å². The van der Waals surface area contributed by atoms with Crippen LogP contribution in [-0.2, 0) is 9.47 Å². The van der Waals surface area contributed by atoms with E-state index in [0.717, 1.165) is 52.2 Å². The fraction of sp³-hybridized carbons (Fsp3) is 0.929. The van der Waals surface area contributed by atoms with E-state index in [9.17, 15) is 0 Å². The Bertz CT molecular complexity index is 297. The minimum atomic E-state index is -0.343. The minimum Gasteiger partial charge on any atom is -0.381 e. The molecule has 2 aliphatic rings. The van der Waals surface area contributed by atoms with Crippen molar-refractivity contribution in [3.8, 4) is 6.07 Å². The van der Waals surface area contributed by atoms with Gasteiger partial charge in [0.1, 0.15) is 5.54 Å². The van der Waals surface area contributed by atoms with Crippen LogP contribution in [0.5, 0.6) is 0 Å². The van der Waals surface area contributed by atoms with Gasteiger partial charge in [-0.15, -0.1) is 0 Å². The van der Waals surface area contributed by atoms with Gasteiger partial charge in [0.15, 0.2) is 0 Å². The molecule has 0 saturated carbocycles. The van der Waals surface area contributed by atoms with Gasteiger partial charge in [-0.3, -0.25) is 4.90 Å². The summed E-state index contributed by atoms with van der Waals surface area (Å²) in [6.07, 6.45) is 3.59. The second-order valence-corrected chi connectivity index (χ2v) is 5.92. The lowest BCUT2D eigenvalue weighted by Gasteiger charge is -2.38. The molecule has 0 bridgehead atoms. The summed E-state index contributed by atoms with van der Waals surface area (Å²) in [6, 6.07) is 2.37. The van der Waals surface area contributed by atoms with Gasteiger partial charge in [-0.1, -0.05) is 0 Å². The SMILES string of the molecule is CC(C)(C#N)N1CCC(OCC2CCOC2)CC1. The molecule has 2 heterocycles. The molecule has 2 aliphatic heterocycles. The van der Waals surface area contributed by atoms with Crippen LogP contribution in [0.1, 0.15) is 33.1 Å². The Morgan fingerprint density at radius 2 is 2.06 bits per heavy atom. The van der Waals surface area contributed by atoms with Gasteiger partial charge in [0.25, 0.3) is 0 Å². The third kappa shape index (κ3) is 3.44. The third-order valence-corrected chi connectivity index (χ3v) is 4.10. The van der Waals surface area contributed by atoms with Crippen LogP contribution in [0, 0.1) is 17.2 Å². The van der Waals surface area contributed by atoms with Crippen LogP contribution in [0.25, 0.3) is 0 Å². The van der Waals surface area contributed by atoms with Crippen LogP contribution in [0.2, 0.25) is 0 Å². The normalized spacial score (nSPS) is 27.3. The van der Waals surface area contributed by atoms with E-state index in [1.54, 1.807) is 0 Å². The zero-order valence-electron chi connectivity index (χ0n) is 11.5. The van der Waals surface area contributed by atoms with Crippen molar-refractivity contribution in [2.45, 2.75) is 44.8 Å². The molecule has 2 rings (SSSR count). The molecule has 0 aromatic rings. The molecule has 0 aliphatic carbocycles. The van der Waals surface area contributed by atoms with E-state index in [2.05, 4.69) is 11.0 Å². The number of piperidine rings is 1. The van der Waals surface area contributed by atoms with Crippen molar-refractivity contribution in [2.24, 2.45) is 5.92 Å². The fourth-order valence-corrected chi connectivity index (χ4v) is 2.64. The molecule has 0 spiro atoms. The monoisotopic (exact) mass is 252 g/mol. The molecule has 0 aromatic carbocycles. The molecule has 102 valence electrons. The fourth-order valence-electron chi connectivity index (χ4n) is 2.64. The summed E-state index contributed by atoms with van der Waals surface area (Å²) in [5.74, 6) is 0.596. The summed E-state index contributed by atoms with van der Waals surface area (Å²) >= 11 is 0. The molecule has 2 saturated heterocycles. The van der Waals surface area contributed by atoms with E-state index in [-0.39, 0.29) is 5.54 Å². The average molecular weight is 252 g/mol. The Hall–Kier alpha value is -0.630. The molecule has 0 amide bonds. The van der Waals surface area contributed by atoms with E-state index in [1.807, 2.05) is 13.8 Å². The zero-order valence-corrected chi connectivity index (χ0v) is 11.5. The van der Waals surface area contributed by atoms with Gasteiger partial charge in [0.2, 0.25) is 0 Å². The molecular weight excluding hydrogens is 228 g/mol. The highest BCUT2D eigenvalue weighted by molar-refractivity contribution is 5.02. The van der Waals surface area contributed by atoms with Gasteiger partial charge in [0, 0.05) is 25.6 Å². The number of likely N-dealkylation sites (tertiary alicyclic amines) is 1. The first-order chi connectivity index (χ1) is 8.62. The maximum atomic E-state index is 9.12. The van der Waals surface area contributed by atoms with Crippen LogP contribution in [0.3, 0.4) is 0 Å². The number of nitriles is 1. The summed E-state index contributed by atoms with van der Waals surface area (Å²) in [5.41, 5.74) is -0.343. The van der Waals surface area contributed by atoms with Crippen molar-refractivity contribution in [2.75, 3.05) is 32.9 Å². The number of hydrogen-bond donors (Lipinski definition) is 0. The summed E-state index contributed by atoms with van der Waals surface area (Å²) < 4.78 is 11.3. The van der Waals surface area contributed by atoms with Crippen molar-refractivity contribution in [1.82, 2.24) is 4.90 Å². The molecule has 2 fully saturated rings. The maximum absolute atomic E-state index is 9.12. The zero-order chi connectivity index (χ0) is 13.0. The Labute approximate surface area is 110 Å². The van der Waals surface area contributed by atoms with Crippen molar-refractivity contribution >= 4 is 0 Å². The highest BCUT2D eigenvalue weighted by atomic mass is 16.5. The van der Waals surface area contributed by atoms with Crippen LogP contribution in [0.4, 0.5) is 0 Å². The lowest BCUT2D eigenvalue weighted by atomic mass is 9.99. The summed E-state index contributed by atoms with van der Waals surface area (Å²) in [6.45, 7) is 8.50. The van der Waals surface area contributed by atoms with E-state index in [4.69, 9.17) is 14.7 Å². The van der Waals surface area contributed by atoms with Crippen molar-refractivity contribution < 1.29 is 9.47 Å². The number of rotatable bonds is 4.